The molecule has 2 atom stereocenters. The van der Waals surface area contributed by atoms with Crippen molar-refractivity contribution < 1.29 is 14.3 Å². The summed E-state index contributed by atoms with van der Waals surface area (Å²) in [6.45, 7) is 1.95. The Balaban J connectivity index is 2.25. The molecule has 2 rings (SSSR count). The SMILES string of the molecule is CCCC(=O)OC1(c2ccccc2OC)CC1N. The smallest absolute Gasteiger partial charge is 0.306 e. The lowest BCUT2D eigenvalue weighted by atomic mass is 10.1. The minimum Gasteiger partial charge on any atom is -0.496 e. The van der Waals surface area contributed by atoms with E-state index in [9.17, 15) is 4.79 Å². The molecule has 0 bridgehead atoms. The summed E-state index contributed by atoms with van der Waals surface area (Å²) in [5, 5.41) is 0. The molecule has 0 aliphatic heterocycles. The summed E-state index contributed by atoms with van der Waals surface area (Å²) >= 11 is 0. The van der Waals surface area contributed by atoms with E-state index in [0.29, 0.717) is 12.8 Å². The van der Waals surface area contributed by atoms with Crippen LogP contribution in [0.2, 0.25) is 0 Å². The number of hydrogen-bond donors (Lipinski definition) is 1. The van der Waals surface area contributed by atoms with E-state index in [-0.39, 0.29) is 12.0 Å². The average Bonchev–Trinajstić information content (AvgIpc) is 3.00. The Kier molecular flexibility index (Phi) is 3.57. The van der Waals surface area contributed by atoms with Crippen LogP contribution in [-0.2, 0) is 15.1 Å². The van der Waals surface area contributed by atoms with Gasteiger partial charge in [-0.2, -0.15) is 0 Å². The zero-order valence-electron chi connectivity index (χ0n) is 10.8. The van der Waals surface area contributed by atoms with E-state index in [4.69, 9.17) is 15.2 Å². The second-order valence-corrected chi connectivity index (χ2v) is 4.62. The Labute approximate surface area is 107 Å². The van der Waals surface area contributed by atoms with Crippen LogP contribution in [0.4, 0.5) is 0 Å². The molecule has 0 radical (unpaired) electrons. The molecule has 1 aromatic carbocycles. The standard InChI is InChI=1S/C14H19NO3/c1-3-6-13(16)18-14(9-12(14)15)10-7-4-5-8-11(10)17-2/h4-5,7-8,12H,3,6,9,15H2,1-2H3. The Morgan fingerprint density at radius 3 is 2.72 bits per heavy atom. The van der Waals surface area contributed by atoms with Crippen LogP contribution in [0, 0.1) is 0 Å². The maximum Gasteiger partial charge on any atom is 0.306 e. The molecule has 1 saturated carbocycles. The van der Waals surface area contributed by atoms with E-state index in [1.54, 1.807) is 7.11 Å². The van der Waals surface area contributed by atoms with Gasteiger partial charge in [-0.15, -0.1) is 0 Å². The number of hydrogen-bond acceptors (Lipinski definition) is 4. The summed E-state index contributed by atoms with van der Waals surface area (Å²) in [6, 6.07) is 7.41. The summed E-state index contributed by atoms with van der Waals surface area (Å²) in [6.07, 6.45) is 1.85. The summed E-state index contributed by atoms with van der Waals surface area (Å²) in [5.74, 6) is 0.520. The van der Waals surface area contributed by atoms with E-state index in [2.05, 4.69) is 0 Å². The van der Waals surface area contributed by atoms with E-state index < -0.39 is 5.60 Å². The summed E-state index contributed by atoms with van der Waals surface area (Å²) in [5.41, 5.74) is 6.15. The van der Waals surface area contributed by atoms with Gasteiger partial charge < -0.3 is 15.2 Å². The van der Waals surface area contributed by atoms with Crippen molar-refractivity contribution in [1.29, 1.82) is 0 Å². The second-order valence-electron chi connectivity index (χ2n) is 4.62. The van der Waals surface area contributed by atoms with Gasteiger partial charge in [0.15, 0.2) is 5.60 Å². The highest BCUT2D eigenvalue weighted by Crippen LogP contribution is 2.51. The molecular weight excluding hydrogens is 230 g/mol. The monoisotopic (exact) mass is 249 g/mol. The van der Waals surface area contributed by atoms with Crippen molar-refractivity contribution >= 4 is 5.97 Å². The van der Waals surface area contributed by atoms with Crippen LogP contribution in [0.3, 0.4) is 0 Å². The molecule has 4 nitrogen and oxygen atoms in total. The maximum absolute atomic E-state index is 11.7. The normalized spacial score (nSPS) is 25.6. The summed E-state index contributed by atoms with van der Waals surface area (Å²) in [7, 11) is 1.61. The molecule has 98 valence electrons. The van der Waals surface area contributed by atoms with E-state index in [1.807, 2.05) is 31.2 Å². The molecule has 2 N–H and O–H groups in total. The molecule has 0 heterocycles. The Morgan fingerprint density at radius 2 is 2.17 bits per heavy atom. The topological polar surface area (TPSA) is 61.5 Å². The summed E-state index contributed by atoms with van der Waals surface area (Å²) < 4.78 is 10.9. The fourth-order valence-electron chi connectivity index (χ4n) is 2.20. The van der Waals surface area contributed by atoms with Crippen molar-refractivity contribution in [3.05, 3.63) is 29.8 Å². The molecule has 2 unspecified atom stereocenters. The molecule has 1 fully saturated rings. The first-order chi connectivity index (χ1) is 8.64. The highest BCUT2D eigenvalue weighted by atomic mass is 16.6. The lowest BCUT2D eigenvalue weighted by Gasteiger charge is -2.20. The minimum absolute atomic E-state index is 0.144. The van der Waals surface area contributed by atoms with Crippen LogP contribution in [0.5, 0.6) is 5.75 Å². The number of methoxy groups -OCH3 is 1. The molecule has 1 aromatic rings. The van der Waals surface area contributed by atoms with Gasteiger partial charge in [-0.3, -0.25) is 4.79 Å². The van der Waals surface area contributed by atoms with Crippen molar-refractivity contribution in [1.82, 2.24) is 0 Å². The highest BCUT2D eigenvalue weighted by Gasteiger charge is 2.58. The number of carbonyl (C=O) groups excluding carboxylic acids is 1. The van der Waals surface area contributed by atoms with Crippen molar-refractivity contribution in [3.8, 4) is 5.75 Å². The number of benzene rings is 1. The number of nitrogens with two attached hydrogens (primary N) is 1. The molecule has 18 heavy (non-hydrogen) atoms. The van der Waals surface area contributed by atoms with Gasteiger partial charge in [0, 0.05) is 18.4 Å². The molecule has 0 saturated heterocycles. The average molecular weight is 249 g/mol. The van der Waals surface area contributed by atoms with Gasteiger partial charge in [-0.1, -0.05) is 25.1 Å². The Morgan fingerprint density at radius 1 is 1.50 bits per heavy atom. The third-order valence-corrected chi connectivity index (χ3v) is 3.27. The van der Waals surface area contributed by atoms with E-state index in [0.717, 1.165) is 17.7 Å². The van der Waals surface area contributed by atoms with Gasteiger partial charge in [0.2, 0.25) is 0 Å². The van der Waals surface area contributed by atoms with Crippen molar-refractivity contribution in [2.75, 3.05) is 7.11 Å². The lowest BCUT2D eigenvalue weighted by Crippen LogP contribution is -2.25. The molecule has 4 heteroatoms. The predicted molar refractivity (Wildman–Crippen MR) is 68.3 cm³/mol. The van der Waals surface area contributed by atoms with Crippen LogP contribution in [0.1, 0.15) is 31.7 Å². The van der Waals surface area contributed by atoms with E-state index >= 15 is 0 Å². The number of esters is 1. The Hall–Kier alpha value is -1.55. The largest absolute Gasteiger partial charge is 0.496 e. The zero-order valence-corrected chi connectivity index (χ0v) is 10.8. The van der Waals surface area contributed by atoms with Crippen molar-refractivity contribution in [2.24, 2.45) is 5.73 Å². The summed E-state index contributed by atoms with van der Waals surface area (Å²) in [4.78, 5) is 11.7. The fraction of sp³-hybridized carbons (Fsp3) is 0.500. The fourth-order valence-corrected chi connectivity index (χ4v) is 2.20. The molecule has 1 aliphatic rings. The van der Waals surface area contributed by atoms with Crippen LogP contribution >= 0.6 is 0 Å². The first-order valence-electron chi connectivity index (χ1n) is 6.25. The van der Waals surface area contributed by atoms with E-state index in [1.165, 1.54) is 0 Å². The Bertz CT molecular complexity index is 446. The molecule has 1 aliphatic carbocycles. The molecular formula is C14H19NO3. The van der Waals surface area contributed by atoms with Gasteiger partial charge in [0.25, 0.3) is 0 Å². The van der Waals surface area contributed by atoms with Crippen LogP contribution < -0.4 is 10.5 Å². The third-order valence-electron chi connectivity index (χ3n) is 3.27. The van der Waals surface area contributed by atoms with Gasteiger partial charge in [-0.25, -0.2) is 0 Å². The first-order valence-corrected chi connectivity index (χ1v) is 6.25. The zero-order chi connectivity index (χ0) is 13.2. The molecule has 0 amide bonds. The number of carbonyl (C=O) groups is 1. The number of rotatable bonds is 5. The van der Waals surface area contributed by atoms with Gasteiger partial charge in [-0.05, 0) is 12.5 Å². The van der Waals surface area contributed by atoms with Crippen LogP contribution in [0.15, 0.2) is 24.3 Å². The highest BCUT2D eigenvalue weighted by molar-refractivity contribution is 5.71. The van der Waals surface area contributed by atoms with Crippen molar-refractivity contribution in [2.45, 2.75) is 37.8 Å². The quantitative estimate of drug-likeness (QED) is 0.810. The van der Waals surface area contributed by atoms with Crippen molar-refractivity contribution in [3.63, 3.8) is 0 Å². The number of ether oxygens (including phenoxy) is 2. The van der Waals surface area contributed by atoms with Gasteiger partial charge in [0.1, 0.15) is 5.75 Å². The van der Waals surface area contributed by atoms with Crippen LogP contribution in [0.25, 0.3) is 0 Å². The second kappa shape index (κ2) is 4.98. The predicted octanol–water partition coefficient (Wildman–Crippen LogP) is 1.96. The van der Waals surface area contributed by atoms with Crippen LogP contribution in [-0.4, -0.2) is 19.1 Å². The minimum atomic E-state index is -0.682. The first kappa shape index (κ1) is 12.9. The molecule has 0 spiro atoms. The number of para-hydroxylation sites is 1. The third kappa shape index (κ3) is 2.20. The van der Waals surface area contributed by atoms with Gasteiger partial charge >= 0.3 is 5.97 Å². The maximum atomic E-state index is 11.7. The lowest BCUT2D eigenvalue weighted by molar-refractivity contribution is -0.152. The molecule has 0 aromatic heterocycles. The van der Waals surface area contributed by atoms with Gasteiger partial charge in [0.05, 0.1) is 13.2 Å².